The number of hydrogen-bond acceptors (Lipinski definition) is 12. The van der Waals surface area contributed by atoms with E-state index < -0.39 is 47.2 Å². The average Bonchev–Trinajstić information content (AvgIpc) is 3.48. The van der Waals surface area contributed by atoms with Crippen LogP contribution in [0, 0.1) is 17.6 Å². The molecule has 15 nitrogen and oxygen atoms in total. The first-order valence-corrected chi connectivity index (χ1v) is 21.2. The summed E-state index contributed by atoms with van der Waals surface area (Å²) in [5.41, 5.74) is 1.86. The summed E-state index contributed by atoms with van der Waals surface area (Å²) in [6.07, 6.45) is 6.42. The van der Waals surface area contributed by atoms with E-state index >= 15 is 4.39 Å². The van der Waals surface area contributed by atoms with E-state index in [-0.39, 0.29) is 41.1 Å². The normalized spacial score (nSPS) is 21.8. The van der Waals surface area contributed by atoms with Crippen molar-refractivity contribution in [2.75, 3.05) is 61.4 Å². The number of nitrogens with zero attached hydrogens (tertiary/aromatic N) is 6. The van der Waals surface area contributed by atoms with Crippen molar-refractivity contribution in [3.8, 4) is 5.75 Å². The zero-order chi connectivity index (χ0) is 43.2. The van der Waals surface area contributed by atoms with Crippen LogP contribution in [0.1, 0.15) is 59.2 Å². The largest absolute Gasteiger partial charge is 0.491 e. The molecule has 4 aromatic rings. The molecule has 5 amide bonds. The maximum absolute atomic E-state index is 15.6. The number of nitrogens with one attached hydrogen (secondary N) is 3. The molecule has 3 aromatic carbocycles. The number of piperazine rings is 1. The number of ether oxygens (including phenoxy) is 1. The van der Waals surface area contributed by atoms with Crippen LogP contribution >= 0.6 is 11.6 Å². The fourth-order valence-corrected chi connectivity index (χ4v) is 9.62. The van der Waals surface area contributed by atoms with Crippen molar-refractivity contribution in [3.63, 3.8) is 0 Å². The molecule has 0 saturated carbocycles. The van der Waals surface area contributed by atoms with E-state index in [1.54, 1.807) is 18.2 Å². The highest BCUT2D eigenvalue weighted by Gasteiger charge is 2.49. The summed E-state index contributed by atoms with van der Waals surface area (Å²) < 4.78 is 35.6. The van der Waals surface area contributed by atoms with E-state index in [1.807, 2.05) is 4.90 Å². The average molecular weight is 868 g/mol. The fourth-order valence-electron chi connectivity index (χ4n) is 9.44. The van der Waals surface area contributed by atoms with Gasteiger partial charge in [-0.25, -0.2) is 18.7 Å². The van der Waals surface area contributed by atoms with E-state index in [9.17, 15) is 28.4 Å². The fraction of sp³-hybridized carbons (Fsp3) is 0.386. The number of benzene rings is 3. The second-order valence-corrected chi connectivity index (χ2v) is 16.9. The zero-order valence-electron chi connectivity index (χ0n) is 33.7. The Labute approximate surface area is 360 Å². The Balaban J connectivity index is 0.754. The minimum atomic E-state index is -1.10. The minimum absolute atomic E-state index is 0.0131. The molecule has 6 aliphatic heterocycles. The molecule has 7 heterocycles. The van der Waals surface area contributed by atoms with Crippen LogP contribution in [0.5, 0.6) is 5.75 Å². The number of fused-ring (bicyclic) bond motifs is 4. The summed E-state index contributed by atoms with van der Waals surface area (Å²) in [6.45, 7) is 9.25. The highest BCUT2D eigenvalue weighted by molar-refractivity contribution is 6.31. The third kappa shape index (κ3) is 8.07. The van der Waals surface area contributed by atoms with Gasteiger partial charge in [0.25, 0.3) is 11.8 Å². The molecular weight excluding hydrogens is 824 g/mol. The highest BCUT2D eigenvalue weighted by Crippen LogP contribution is 2.42. The van der Waals surface area contributed by atoms with Gasteiger partial charge in [0.05, 0.1) is 39.6 Å². The lowest BCUT2D eigenvalue weighted by atomic mass is 9.85. The summed E-state index contributed by atoms with van der Waals surface area (Å²) in [6, 6.07) is 9.38. The highest BCUT2D eigenvalue weighted by atomic mass is 35.5. The van der Waals surface area contributed by atoms with Gasteiger partial charge in [0.1, 0.15) is 35.6 Å². The number of carbonyl (C=O) groups is 5. The van der Waals surface area contributed by atoms with Gasteiger partial charge in [0.2, 0.25) is 17.7 Å². The predicted molar refractivity (Wildman–Crippen MR) is 227 cm³/mol. The summed E-state index contributed by atoms with van der Waals surface area (Å²) in [5, 5.41) is 8.72. The van der Waals surface area contributed by atoms with Gasteiger partial charge < -0.3 is 25.2 Å². The van der Waals surface area contributed by atoms with Gasteiger partial charge in [-0.2, -0.15) is 0 Å². The maximum atomic E-state index is 15.6. The second-order valence-electron chi connectivity index (χ2n) is 16.5. The van der Waals surface area contributed by atoms with E-state index in [0.717, 1.165) is 75.9 Å². The number of aromatic nitrogens is 2. The number of rotatable bonds is 13. The number of likely N-dealkylation sites (tertiary alicyclic amines) is 1. The Kier molecular flexibility index (Phi) is 11.3. The van der Waals surface area contributed by atoms with E-state index in [4.69, 9.17) is 16.3 Å². The topological polar surface area (TPSA) is 169 Å². The van der Waals surface area contributed by atoms with Gasteiger partial charge in [0.15, 0.2) is 0 Å². The molecule has 322 valence electrons. The third-order valence-electron chi connectivity index (χ3n) is 12.5. The first kappa shape index (κ1) is 41.3. The summed E-state index contributed by atoms with van der Waals surface area (Å²) in [5.74, 6) is -2.60. The van der Waals surface area contributed by atoms with Crippen molar-refractivity contribution >= 4 is 74.9 Å². The van der Waals surface area contributed by atoms with Crippen molar-refractivity contribution < 1.29 is 37.5 Å². The minimum Gasteiger partial charge on any atom is -0.491 e. The maximum Gasteiger partial charge on any atom is 0.262 e. The summed E-state index contributed by atoms with van der Waals surface area (Å²) in [7, 11) is 0. The molecule has 5 fully saturated rings. The second kappa shape index (κ2) is 17.0. The molecule has 6 aliphatic rings. The molecule has 62 heavy (non-hydrogen) atoms. The molecule has 10 rings (SSSR count). The lowest BCUT2D eigenvalue weighted by Gasteiger charge is -2.58. The predicted octanol–water partition coefficient (Wildman–Crippen LogP) is 5.27. The molecule has 0 radical (unpaired) electrons. The first-order valence-electron chi connectivity index (χ1n) is 20.8. The Hall–Kier alpha value is -6.04. The lowest BCUT2D eigenvalue weighted by molar-refractivity contribution is -0.136. The van der Waals surface area contributed by atoms with Crippen LogP contribution in [-0.4, -0.2) is 118 Å². The van der Waals surface area contributed by atoms with E-state index in [0.29, 0.717) is 52.1 Å². The third-order valence-corrected chi connectivity index (χ3v) is 12.8. The van der Waals surface area contributed by atoms with Crippen molar-refractivity contribution in [3.05, 3.63) is 89.2 Å². The summed E-state index contributed by atoms with van der Waals surface area (Å²) in [4.78, 5) is 79.7. The zero-order valence-corrected chi connectivity index (χ0v) is 34.4. The number of imide groups is 2. The molecular formula is C44H44ClF2N9O6. The Morgan fingerprint density at radius 2 is 1.71 bits per heavy atom. The number of carbonyl (C=O) groups excluding carboxylic acids is 5. The number of amides is 5. The van der Waals surface area contributed by atoms with Crippen LogP contribution in [0.25, 0.3) is 10.9 Å². The Morgan fingerprint density at radius 3 is 2.44 bits per heavy atom. The van der Waals surface area contributed by atoms with Crippen LogP contribution in [0.4, 0.5) is 31.7 Å². The van der Waals surface area contributed by atoms with E-state index in [1.165, 1.54) is 30.6 Å². The van der Waals surface area contributed by atoms with Gasteiger partial charge in [-0.3, -0.25) is 39.1 Å². The number of piperidine rings is 3. The van der Waals surface area contributed by atoms with Crippen molar-refractivity contribution in [1.82, 2.24) is 30.0 Å². The standard InChI is InChI=1S/C44H44ClF2N9O6/c1-2-39(57)51-35-17-30-34(48-23-49-41(30)50-25-4-5-32(46)31(45)14-25)19-38(35)62-13-3-10-53-11-8-24(9-12-53)20-54-21-26-15-27(22-54)55(26)37-18-29-28(16-33(37)47)43(60)56(44(29)61)36-6-7-40(58)52-42(36)59/h2,4-5,14,16-19,23-24,26-27,36H,1,3,6-13,15,20-22H2,(H,51,57)(H,48,49,50)(H,52,58,59). The van der Waals surface area contributed by atoms with Crippen molar-refractivity contribution in [2.45, 2.75) is 56.7 Å². The van der Waals surface area contributed by atoms with Crippen LogP contribution in [0.15, 0.2) is 61.4 Å². The molecule has 0 aliphatic carbocycles. The lowest BCUT2D eigenvalue weighted by Crippen LogP contribution is -2.69. The van der Waals surface area contributed by atoms with Gasteiger partial charge in [0, 0.05) is 61.8 Å². The quantitative estimate of drug-likeness (QED) is 0.0906. The van der Waals surface area contributed by atoms with Gasteiger partial charge in [-0.05, 0) is 93.6 Å². The molecule has 3 N–H and O–H groups in total. The summed E-state index contributed by atoms with van der Waals surface area (Å²) >= 11 is 5.98. The Bertz CT molecular complexity index is 2510. The molecule has 0 spiro atoms. The van der Waals surface area contributed by atoms with Crippen LogP contribution in [0.2, 0.25) is 5.02 Å². The molecule has 1 aromatic heterocycles. The van der Waals surface area contributed by atoms with Crippen LogP contribution < -0.4 is 25.6 Å². The Morgan fingerprint density at radius 1 is 0.952 bits per heavy atom. The number of hydrogen-bond donors (Lipinski definition) is 3. The molecule has 5 saturated heterocycles. The van der Waals surface area contributed by atoms with Gasteiger partial charge in [-0.15, -0.1) is 0 Å². The van der Waals surface area contributed by atoms with Crippen LogP contribution in [0.3, 0.4) is 0 Å². The molecule has 2 bridgehead atoms. The number of halogens is 3. The first-order chi connectivity index (χ1) is 29.9. The number of anilines is 4. The SMILES string of the molecule is C=CC(=O)Nc1cc2c(Nc3ccc(F)c(Cl)c3)ncnc2cc1OCCCN1CCC(CN2CC3CC(C2)N3c2cc3c(cc2F)C(=O)N(C2CCC(=O)NC2=O)C3=O)CC1. The van der Waals surface area contributed by atoms with Crippen molar-refractivity contribution in [2.24, 2.45) is 5.92 Å². The van der Waals surface area contributed by atoms with Crippen molar-refractivity contribution in [1.29, 1.82) is 0 Å². The molecule has 3 atom stereocenters. The molecule has 3 unspecified atom stereocenters. The monoisotopic (exact) mass is 867 g/mol. The van der Waals surface area contributed by atoms with E-state index in [2.05, 4.69) is 42.3 Å². The van der Waals surface area contributed by atoms with Gasteiger partial charge in [-0.1, -0.05) is 18.2 Å². The van der Waals surface area contributed by atoms with Gasteiger partial charge >= 0.3 is 0 Å². The van der Waals surface area contributed by atoms with Crippen LogP contribution in [-0.2, 0) is 14.4 Å². The smallest absolute Gasteiger partial charge is 0.262 e. The molecule has 18 heteroatoms.